The summed E-state index contributed by atoms with van der Waals surface area (Å²) in [5, 5.41) is 10.8. The van der Waals surface area contributed by atoms with E-state index in [0.29, 0.717) is 16.7 Å². The van der Waals surface area contributed by atoms with Gasteiger partial charge in [-0.1, -0.05) is 17.8 Å². The molecule has 1 atom stereocenters. The van der Waals surface area contributed by atoms with E-state index in [1.807, 2.05) is 35.0 Å². The zero-order chi connectivity index (χ0) is 15.4. The van der Waals surface area contributed by atoms with Crippen LogP contribution in [-0.2, 0) is 9.53 Å². The second kappa shape index (κ2) is 6.71. The van der Waals surface area contributed by atoms with Crippen LogP contribution in [0.25, 0.3) is 11.5 Å². The number of ether oxygens (including phenoxy) is 1. The molecule has 0 saturated heterocycles. The second-order valence-corrected chi connectivity index (χ2v) is 6.11. The third kappa shape index (κ3) is 3.18. The molecule has 0 spiro atoms. The van der Waals surface area contributed by atoms with Crippen molar-refractivity contribution < 1.29 is 9.53 Å². The average Bonchev–Trinajstić information content (AvgIpc) is 3.24. The maximum atomic E-state index is 12.0. The Bertz CT molecular complexity index is 743. The minimum absolute atomic E-state index is 0.326. The Kier molecular flexibility index (Phi) is 4.50. The van der Waals surface area contributed by atoms with Gasteiger partial charge in [-0.05, 0) is 34.5 Å². The fraction of sp³-hybridized carbons (Fsp3) is 0.143. The van der Waals surface area contributed by atoms with E-state index in [0.717, 1.165) is 5.56 Å². The molecule has 0 amide bonds. The number of hydrogen-bond acceptors (Lipinski definition) is 7. The van der Waals surface area contributed by atoms with Crippen molar-refractivity contribution in [2.75, 3.05) is 7.11 Å². The monoisotopic (exact) mass is 332 g/mol. The first-order valence-corrected chi connectivity index (χ1v) is 8.20. The van der Waals surface area contributed by atoms with Gasteiger partial charge in [-0.25, -0.2) is 0 Å². The highest BCUT2D eigenvalue weighted by atomic mass is 32.2. The number of thioether (sulfide) groups is 1. The number of H-pyrrole nitrogens is 1. The number of aromatic nitrogens is 4. The Balaban J connectivity index is 1.82. The summed E-state index contributed by atoms with van der Waals surface area (Å²) in [5.74, 6) is 0.240. The first-order chi connectivity index (χ1) is 10.8. The summed E-state index contributed by atoms with van der Waals surface area (Å²) in [7, 11) is 1.37. The molecular weight excluding hydrogens is 320 g/mol. The largest absolute Gasteiger partial charge is 0.468 e. The van der Waals surface area contributed by atoms with Crippen LogP contribution in [0.2, 0.25) is 0 Å². The molecule has 112 valence electrons. The van der Waals surface area contributed by atoms with Crippen molar-refractivity contribution in [1.29, 1.82) is 0 Å². The minimum atomic E-state index is -0.483. The predicted octanol–water partition coefficient (Wildman–Crippen LogP) is 2.93. The van der Waals surface area contributed by atoms with Crippen LogP contribution in [-0.4, -0.2) is 33.2 Å². The number of methoxy groups -OCH3 is 1. The topological polar surface area (TPSA) is 80.8 Å². The highest BCUT2D eigenvalue weighted by Crippen LogP contribution is 2.35. The Labute approximate surface area is 135 Å². The van der Waals surface area contributed by atoms with Crippen molar-refractivity contribution >= 4 is 29.1 Å². The number of aromatic amines is 1. The van der Waals surface area contributed by atoms with Gasteiger partial charge in [0.05, 0.1) is 7.11 Å². The lowest BCUT2D eigenvalue weighted by molar-refractivity contribution is -0.140. The quantitative estimate of drug-likeness (QED) is 0.571. The van der Waals surface area contributed by atoms with E-state index in [-0.39, 0.29) is 5.97 Å². The van der Waals surface area contributed by atoms with Crippen molar-refractivity contribution in [3.8, 4) is 11.5 Å². The standard InChI is InChI=1S/C14H12N4O2S2/c1-20-13(19)11(9-5-7-21-8-9)22-14-16-12(17-18-14)10-4-2-3-6-15-10/h2-8,11H,1H3,(H,16,17,18). The van der Waals surface area contributed by atoms with Crippen LogP contribution in [0.4, 0.5) is 0 Å². The number of esters is 1. The average molecular weight is 332 g/mol. The zero-order valence-electron chi connectivity index (χ0n) is 11.6. The summed E-state index contributed by atoms with van der Waals surface area (Å²) in [5.41, 5.74) is 1.58. The van der Waals surface area contributed by atoms with Crippen molar-refractivity contribution in [3.63, 3.8) is 0 Å². The molecule has 0 radical (unpaired) electrons. The molecule has 0 fully saturated rings. The number of rotatable bonds is 5. The van der Waals surface area contributed by atoms with Crippen LogP contribution in [0.15, 0.2) is 46.4 Å². The lowest BCUT2D eigenvalue weighted by Gasteiger charge is -2.10. The van der Waals surface area contributed by atoms with E-state index in [1.165, 1.54) is 30.2 Å². The predicted molar refractivity (Wildman–Crippen MR) is 84.5 cm³/mol. The Morgan fingerprint density at radius 3 is 3.00 bits per heavy atom. The first kappa shape index (κ1) is 14.7. The summed E-state index contributed by atoms with van der Waals surface area (Å²) < 4.78 is 4.87. The minimum Gasteiger partial charge on any atom is -0.468 e. The Morgan fingerprint density at radius 2 is 2.32 bits per heavy atom. The third-order valence-electron chi connectivity index (χ3n) is 2.86. The van der Waals surface area contributed by atoms with Crippen molar-refractivity contribution in [2.45, 2.75) is 10.4 Å². The van der Waals surface area contributed by atoms with Gasteiger partial charge in [-0.15, -0.1) is 5.10 Å². The molecule has 3 rings (SSSR count). The molecule has 0 aliphatic rings. The second-order valence-electron chi connectivity index (χ2n) is 4.26. The molecule has 22 heavy (non-hydrogen) atoms. The number of hydrogen-bond donors (Lipinski definition) is 1. The number of carbonyl (C=O) groups excluding carboxylic acids is 1. The van der Waals surface area contributed by atoms with Gasteiger partial charge in [-0.2, -0.15) is 16.3 Å². The number of thiophene rings is 1. The Morgan fingerprint density at radius 1 is 1.41 bits per heavy atom. The van der Waals surface area contributed by atoms with Crippen LogP contribution in [0.5, 0.6) is 0 Å². The first-order valence-electron chi connectivity index (χ1n) is 6.38. The van der Waals surface area contributed by atoms with Crippen molar-refractivity contribution in [2.24, 2.45) is 0 Å². The van der Waals surface area contributed by atoms with Gasteiger partial charge in [0.15, 0.2) is 5.82 Å². The molecule has 0 aromatic carbocycles. The molecule has 1 N–H and O–H groups in total. The van der Waals surface area contributed by atoms with Crippen LogP contribution in [0.1, 0.15) is 10.8 Å². The number of nitrogens with one attached hydrogen (secondary N) is 1. The summed E-state index contributed by atoms with van der Waals surface area (Å²) >= 11 is 2.77. The van der Waals surface area contributed by atoms with Gasteiger partial charge in [0, 0.05) is 6.20 Å². The van der Waals surface area contributed by atoms with E-state index in [1.54, 1.807) is 6.20 Å². The normalized spacial score (nSPS) is 12.0. The molecule has 6 nitrogen and oxygen atoms in total. The van der Waals surface area contributed by atoms with Gasteiger partial charge in [0.1, 0.15) is 10.9 Å². The van der Waals surface area contributed by atoms with E-state index >= 15 is 0 Å². The fourth-order valence-corrected chi connectivity index (χ4v) is 3.51. The molecule has 0 saturated carbocycles. The summed E-state index contributed by atoms with van der Waals surface area (Å²) in [4.78, 5) is 20.6. The molecule has 8 heteroatoms. The van der Waals surface area contributed by atoms with E-state index < -0.39 is 5.25 Å². The van der Waals surface area contributed by atoms with E-state index in [9.17, 15) is 4.79 Å². The van der Waals surface area contributed by atoms with E-state index in [2.05, 4.69) is 20.2 Å². The Hall–Kier alpha value is -2.19. The van der Waals surface area contributed by atoms with Crippen molar-refractivity contribution in [1.82, 2.24) is 20.2 Å². The molecule has 0 aliphatic heterocycles. The van der Waals surface area contributed by atoms with E-state index in [4.69, 9.17) is 4.74 Å². The van der Waals surface area contributed by atoms with Crippen molar-refractivity contribution in [3.05, 3.63) is 46.8 Å². The van der Waals surface area contributed by atoms with Gasteiger partial charge >= 0.3 is 5.97 Å². The summed E-state index contributed by atoms with van der Waals surface area (Å²) in [6, 6.07) is 7.44. The maximum Gasteiger partial charge on any atom is 0.323 e. The number of carbonyl (C=O) groups is 1. The molecule has 1 unspecified atom stereocenters. The molecule has 3 aromatic heterocycles. The lowest BCUT2D eigenvalue weighted by atomic mass is 10.2. The molecular formula is C14H12N4O2S2. The van der Waals surface area contributed by atoms with Gasteiger partial charge in [0.2, 0.25) is 5.16 Å². The van der Waals surface area contributed by atoms with Crippen LogP contribution in [0.3, 0.4) is 0 Å². The zero-order valence-corrected chi connectivity index (χ0v) is 13.2. The number of pyridine rings is 1. The van der Waals surface area contributed by atoms with Crippen LogP contribution >= 0.6 is 23.1 Å². The molecule has 3 heterocycles. The van der Waals surface area contributed by atoms with Crippen LogP contribution < -0.4 is 0 Å². The summed E-state index contributed by atoms with van der Waals surface area (Å²) in [6.07, 6.45) is 1.69. The lowest BCUT2D eigenvalue weighted by Crippen LogP contribution is -2.10. The van der Waals surface area contributed by atoms with Crippen LogP contribution in [0, 0.1) is 0 Å². The molecule has 0 aliphatic carbocycles. The SMILES string of the molecule is COC(=O)C(Sc1n[nH]c(-c2ccccn2)n1)c1ccsc1. The highest BCUT2D eigenvalue weighted by Gasteiger charge is 2.25. The maximum absolute atomic E-state index is 12.0. The van der Waals surface area contributed by atoms with Gasteiger partial charge in [-0.3, -0.25) is 14.9 Å². The third-order valence-corrected chi connectivity index (χ3v) is 4.65. The fourth-order valence-electron chi connectivity index (χ4n) is 1.81. The summed E-state index contributed by atoms with van der Waals surface area (Å²) in [6.45, 7) is 0. The van der Waals surface area contributed by atoms with Gasteiger partial charge in [0.25, 0.3) is 0 Å². The number of nitrogens with zero attached hydrogens (tertiary/aromatic N) is 3. The van der Waals surface area contributed by atoms with Gasteiger partial charge < -0.3 is 4.74 Å². The highest BCUT2D eigenvalue weighted by molar-refractivity contribution is 8.00. The molecule has 0 bridgehead atoms. The molecule has 3 aromatic rings. The smallest absolute Gasteiger partial charge is 0.323 e.